The highest BCUT2D eigenvalue weighted by molar-refractivity contribution is 6.12. The molecule has 0 radical (unpaired) electrons. The van der Waals surface area contributed by atoms with Crippen molar-refractivity contribution < 1.29 is 31.1 Å². The van der Waals surface area contributed by atoms with Gasteiger partial charge >= 0.3 is 12.4 Å². The van der Waals surface area contributed by atoms with Crippen LogP contribution in [-0.2, 0) is 23.6 Å². The van der Waals surface area contributed by atoms with Gasteiger partial charge in [-0.05, 0) is 85.8 Å². The van der Waals surface area contributed by atoms with E-state index in [0.29, 0.717) is 11.9 Å². The first-order valence-corrected chi connectivity index (χ1v) is 13.4. The summed E-state index contributed by atoms with van der Waals surface area (Å²) in [5.41, 5.74) is 1.39. The third-order valence-electron chi connectivity index (χ3n) is 6.70. The third-order valence-corrected chi connectivity index (χ3v) is 6.70. The van der Waals surface area contributed by atoms with Gasteiger partial charge in [0, 0.05) is 33.0 Å². The van der Waals surface area contributed by atoms with Gasteiger partial charge in [-0.2, -0.15) is 36.6 Å². The maximum atomic E-state index is 12.4. The van der Waals surface area contributed by atoms with Gasteiger partial charge in [-0.3, -0.25) is 9.79 Å². The molecule has 42 heavy (non-hydrogen) atoms. The maximum absolute atomic E-state index is 12.4. The summed E-state index contributed by atoms with van der Waals surface area (Å²) in [5.74, 6) is 0.597. The number of likely N-dealkylation sites (tertiary alicyclic amines) is 1. The van der Waals surface area contributed by atoms with Crippen LogP contribution in [-0.4, -0.2) is 42.5 Å². The van der Waals surface area contributed by atoms with E-state index in [9.17, 15) is 31.1 Å². The Morgan fingerprint density at radius 2 is 1.74 bits per heavy atom. The number of allylic oxidation sites excluding steroid dienone is 7. The molecule has 3 rings (SSSR count). The molecule has 2 aliphatic rings. The lowest BCUT2D eigenvalue weighted by Crippen LogP contribution is -2.39. The Kier molecular flexibility index (Phi) is 12.1. The molecule has 5 nitrogen and oxygen atoms in total. The van der Waals surface area contributed by atoms with Crippen molar-refractivity contribution in [2.24, 2.45) is 15.9 Å². The van der Waals surface area contributed by atoms with Gasteiger partial charge in [0.05, 0.1) is 22.9 Å². The largest absolute Gasteiger partial charge is 0.416 e. The number of carbonyl (C=O) groups is 1. The van der Waals surface area contributed by atoms with Crippen LogP contribution in [0.25, 0.3) is 0 Å². The quantitative estimate of drug-likeness (QED) is 0.204. The van der Waals surface area contributed by atoms with E-state index in [0.717, 1.165) is 54.4 Å². The molecular formula is C31H34F6N4O. The Bertz CT molecular complexity index is 1360. The lowest BCUT2D eigenvalue weighted by atomic mass is 9.96. The maximum Gasteiger partial charge on any atom is 0.416 e. The molecule has 0 aromatic heterocycles. The van der Waals surface area contributed by atoms with Crippen LogP contribution in [0.15, 0.2) is 75.3 Å². The molecule has 0 atom stereocenters. The van der Waals surface area contributed by atoms with Crippen LogP contribution in [0.5, 0.6) is 0 Å². The molecule has 0 saturated carbocycles. The van der Waals surface area contributed by atoms with Crippen LogP contribution in [0.2, 0.25) is 0 Å². The number of hydrogen-bond acceptors (Lipinski definition) is 3. The van der Waals surface area contributed by atoms with E-state index in [-0.39, 0.29) is 29.9 Å². The van der Waals surface area contributed by atoms with E-state index in [1.54, 1.807) is 7.05 Å². The average Bonchev–Trinajstić information content (AvgIpc) is 2.94. The van der Waals surface area contributed by atoms with Gasteiger partial charge in [0.2, 0.25) is 5.91 Å². The van der Waals surface area contributed by atoms with Crippen LogP contribution < -0.4 is 0 Å². The number of amides is 1. The SMILES string of the molecule is C/C=C1C=C(/C=C(\C)C(=NC(C)=O)N2CCC(C#N)CC2)C=CC/1=NC.CCc1ccc(C(F)(F)F)cc1C(F)(F)F. The molecule has 0 bridgehead atoms. The van der Waals surface area contributed by atoms with Gasteiger partial charge in [0.25, 0.3) is 0 Å². The first-order chi connectivity index (χ1) is 19.6. The lowest BCUT2D eigenvalue weighted by Gasteiger charge is -2.32. The van der Waals surface area contributed by atoms with Crippen molar-refractivity contribution in [2.75, 3.05) is 20.1 Å². The van der Waals surface area contributed by atoms with E-state index in [2.05, 4.69) is 27.0 Å². The summed E-state index contributed by atoms with van der Waals surface area (Å²) >= 11 is 0. The predicted octanol–water partition coefficient (Wildman–Crippen LogP) is 7.91. The zero-order valence-corrected chi connectivity index (χ0v) is 24.2. The molecule has 1 aliphatic heterocycles. The highest BCUT2D eigenvalue weighted by Crippen LogP contribution is 2.37. The Hall–Kier alpha value is -3.94. The smallest absolute Gasteiger partial charge is 0.356 e. The minimum absolute atomic E-state index is 0.0347. The lowest BCUT2D eigenvalue weighted by molar-refractivity contribution is -0.143. The van der Waals surface area contributed by atoms with E-state index >= 15 is 0 Å². The minimum atomic E-state index is -4.76. The number of alkyl halides is 6. The van der Waals surface area contributed by atoms with Gasteiger partial charge in [0.1, 0.15) is 5.84 Å². The number of benzene rings is 1. The number of carbonyl (C=O) groups excluding carboxylic acids is 1. The fraction of sp³-hybridized carbons (Fsp3) is 0.419. The molecule has 226 valence electrons. The van der Waals surface area contributed by atoms with Crippen LogP contribution in [0, 0.1) is 17.2 Å². The molecule has 0 unspecified atom stereocenters. The molecular weight excluding hydrogens is 558 g/mol. The fourth-order valence-electron chi connectivity index (χ4n) is 4.51. The first-order valence-electron chi connectivity index (χ1n) is 13.4. The van der Waals surface area contributed by atoms with Gasteiger partial charge in [-0.1, -0.05) is 25.1 Å². The molecule has 1 heterocycles. The Balaban J connectivity index is 0.000000330. The molecule has 1 aromatic rings. The van der Waals surface area contributed by atoms with Crippen molar-refractivity contribution in [2.45, 2.75) is 59.3 Å². The number of piperidine rings is 1. The average molecular weight is 593 g/mol. The molecule has 1 amide bonds. The monoisotopic (exact) mass is 592 g/mol. The van der Waals surface area contributed by atoms with Gasteiger partial charge in [-0.15, -0.1) is 0 Å². The summed E-state index contributed by atoms with van der Waals surface area (Å²) in [4.78, 5) is 22.3. The predicted molar refractivity (Wildman–Crippen MR) is 152 cm³/mol. The zero-order valence-electron chi connectivity index (χ0n) is 24.2. The van der Waals surface area contributed by atoms with Crippen LogP contribution in [0.4, 0.5) is 26.3 Å². The van der Waals surface area contributed by atoms with Crippen LogP contribution in [0.3, 0.4) is 0 Å². The van der Waals surface area contributed by atoms with Crippen molar-refractivity contribution in [3.8, 4) is 6.07 Å². The number of aryl methyl sites for hydroxylation is 1. The Morgan fingerprint density at radius 3 is 2.21 bits per heavy atom. The van der Waals surface area contributed by atoms with Crippen molar-refractivity contribution in [1.82, 2.24) is 4.90 Å². The second-order valence-corrected chi connectivity index (χ2v) is 9.72. The minimum Gasteiger partial charge on any atom is -0.356 e. The molecule has 11 heteroatoms. The number of halogens is 6. The van der Waals surface area contributed by atoms with E-state index in [1.165, 1.54) is 13.8 Å². The number of nitrogens with zero attached hydrogens (tertiary/aromatic N) is 4. The molecule has 1 aliphatic carbocycles. The number of hydrogen-bond donors (Lipinski definition) is 0. The number of rotatable bonds is 3. The number of nitriles is 1. The molecule has 1 fully saturated rings. The number of amidine groups is 1. The molecule has 1 aromatic carbocycles. The first kappa shape index (κ1) is 34.3. The highest BCUT2D eigenvalue weighted by atomic mass is 19.4. The zero-order chi connectivity index (χ0) is 31.7. The van der Waals surface area contributed by atoms with Crippen molar-refractivity contribution >= 4 is 17.5 Å². The molecule has 1 saturated heterocycles. The number of aliphatic imine (C=N–C) groups is 2. The normalized spacial score (nSPS) is 18.9. The summed E-state index contributed by atoms with van der Waals surface area (Å²) in [6.45, 7) is 8.39. The second-order valence-electron chi connectivity index (χ2n) is 9.72. The Morgan fingerprint density at radius 1 is 1.10 bits per heavy atom. The second kappa shape index (κ2) is 14.8. The standard InChI is InChI=1S/C21H26N4O.C10H8F6/c1-5-19-13-18(6-7-20(19)23-4)12-15(2)21(24-16(3)26)25-10-8-17(14-22)9-11-25;1-2-6-3-4-7(9(11,12)13)5-8(6)10(14,15)16/h5-7,12-13,17H,8-11H2,1-4H3;3-5H,2H2,1H3/b15-12+,19-5-,23-20?,24-21?;. The fourth-order valence-corrected chi connectivity index (χ4v) is 4.51. The van der Waals surface area contributed by atoms with Gasteiger partial charge in [-0.25, -0.2) is 0 Å². The van der Waals surface area contributed by atoms with Gasteiger partial charge in [0.15, 0.2) is 0 Å². The summed E-state index contributed by atoms with van der Waals surface area (Å²) in [6.07, 6.45) is 2.31. The summed E-state index contributed by atoms with van der Waals surface area (Å²) in [5, 5.41) is 9.08. The molecule has 0 N–H and O–H groups in total. The van der Waals surface area contributed by atoms with E-state index < -0.39 is 23.5 Å². The van der Waals surface area contributed by atoms with E-state index in [1.807, 2.05) is 38.2 Å². The topological polar surface area (TPSA) is 68.8 Å². The summed E-state index contributed by atoms with van der Waals surface area (Å²) in [7, 11) is 1.78. The van der Waals surface area contributed by atoms with Crippen molar-refractivity contribution in [3.63, 3.8) is 0 Å². The van der Waals surface area contributed by atoms with Crippen molar-refractivity contribution in [3.05, 3.63) is 82.0 Å². The third kappa shape index (κ3) is 9.57. The summed E-state index contributed by atoms with van der Waals surface area (Å²) < 4.78 is 74.0. The van der Waals surface area contributed by atoms with Crippen molar-refractivity contribution in [1.29, 1.82) is 5.26 Å². The Labute approximate surface area is 242 Å². The van der Waals surface area contributed by atoms with Gasteiger partial charge < -0.3 is 4.90 Å². The van der Waals surface area contributed by atoms with Crippen LogP contribution in [0.1, 0.15) is 57.2 Å². The van der Waals surface area contributed by atoms with Crippen LogP contribution >= 0.6 is 0 Å². The summed E-state index contributed by atoms with van der Waals surface area (Å²) in [6, 6.07) is 4.02. The highest BCUT2D eigenvalue weighted by Gasteiger charge is 2.37. The van der Waals surface area contributed by atoms with E-state index in [4.69, 9.17) is 5.26 Å². The molecule has 0 spiro atoms.